The van der Waals surface area contributed by atoms with Crippen molar-refractivity contribution >= 4 is 5.78 Å². The highest BCUT2D eigenvalue weighted by atomic mass is 16.1. The van der Waals surface area contributed by atoms with Crippen molar-refractivity contribution in [3.05, 3.63) is 90.9 Å². The van der Waals surface area contributed by atoms with Crippen molar-refractivity contribution in [3.8, 4) is 0 Å². The molecule has 0 bridgehead atoms. The molecule has 0 unspecified atom stereocenters. The van der Waals surface area contributed by atoms with Crippen LogP contribution in [0.4, 0.5) is 0 Å². The van der Waals surface area contributed by atoms with Gasteiger partial charge < -0.3 is 9.80 Å². The molecule has 3 rings (SSSR count). The molecular formula is C36H59N3O. The Bertz CT molecular complexity index is 913. The fraction of sp³-hybridized carbons (Fsp3) is 0.556. The summed E-state index contributed by atoms with van der Waals surface area (Å²) in [6, 6.07) is 15.3. The first-order valence-electron chi connectivity index (χ1n) is 15.2. The average molecular weight is 550 g/mol. The first kappa shape index (κ1) is 37.3. The van der Waals surface area contributed by atoms with Crippen LogP contribution in [0.2, 0.25) is 0 Å². The smallest absolute Gasteiger partial charge is 0.136 e. The number of Topliss-reactive ketones (excluding diaryl/α,β-unsaturated/α-hetero) is 1. The van der Waals surface area contributed by atoms with Crippen LogP contribution in [0.5, 0.6) is 0 Å². The molecule has 224 valence electrons. The predicted octanol–water partition coefficient (Wildman–Crippen LogP) is 8.71. The van der Waals surface area contributed by atoms with Gasteiger partial charge in [0.05, 0.1) is 0 Å². The van der Waals surface area contributed by atoms with E-state index in [0.717, 1.165) is 64.6 Å². The number of ketones is 1. The second-order valence-corrected chi connectivity index (χ2v) is 11.0. The molecule has 1 fully saturated rings. The Morgan fingerprint density at radius 2 is 1.70 bits per heavy atom. The minimum absolute atomic E-state index is 0.0216. The molecule has 0 radical (unpaired) electrons. The van der Waals surface area contributed by atoms with Gasteiger partial charge in [0.2, 0.25) is 0 Å². The molecule has 40 heavy (non-hydrogen) atoms. The summed E-state index contributed by atoms with van der Waals surface area (Å²) in [4.78, 5) is 20.9. The Labute approximate surface area is 247 Å². The third-order valence-electron chi connectivity index (χ3n) is 7.55. The van der Waals surface area contributed by atoms with Gasteiger partial charge in [0.1, 0.15) is 5.78 Å². The second kappa shape index (κ2) is 22.0. The van der Waals surface area contributed by atoms with Crippen LogP contribution in [-0.2, 0) is 17.6 Å². The molecular weight excluding hydrogens is 490 g/mol. The lowest BCUT2D eigenvalue weighted by molar-refractivity contribution is -0.129. The Hall–Kier alpha value is -2.72. The summed E-state index contributed by atoms with van der Waals surface area (Å²) in [6.07, 6.45) is 13.0. The summed E-state index contributed by atoms with van der Waals surface area (Å²) < 4.78 is 0. The number of hydrogen-bond acceptors (Lipinski definition) is 4. The van der Waals surface area contributed by atoms with Gasteiger partial charge in [-0.3, -0.25) is 9.78 Å². The number of carbonyl (C=O) groups excluding carboxylic acids is 1. The van der Waals surface area contributed by atoms with E-state index in [4.69, 9.17) is 0 Å². The number of carbonyl (C=O) groups is 1. The number of likely N-dealkylation sites (tertiary alicyclic amines) is 1. The van der Waals surface area contributed by atoms with E-state index in [-0.39, 0.29) is 5.41 Å². The van der Waals surface area contributed by atoms with Crippen LogP contribution < -0.4 is 0 Å². The molecule has 4 nitrogen and oxygen atoms in total. The fourth-order valence-electron chi connectivity index (χ4n) is 4.53. The van der Waals surface area contributed by atoms with E-state index >= 15 is 0 Å². The molecule has 1 saturated heterocycles. The van der Waals surface area contributed by atoms with Crippen molar-refractivity contribution in [2.75, 3.05) is 26.7 Å². The molecule has 0 atom stereocenters. The predicted molar refractivity (Wildman–Crippen MR) is 176 cm³/mol. The molecule has 0 aliphatic carbocycles. The lowest BCUT2D eigenvalue weighted by Gasteiger charge is -2.40. The topological polar surface area (TPSA) is 36.4 Å². The maximum atomic E-state index is 12.0. The van der Waals surface area contributed by atoms with Crippen molar-refractivity contribution in [2.45, 2.75) is 99.5 Å². The van der Waals surface area contributed by atoms with Gasteiger partial charge in [0.15, 0.2) is 0 Å². The number of aryl methyl sites for hydroxylation is 3. The monoisotopic (exact) mass is 549 g/mol. The molecule has 1 aliphatic rings. The summed E-state index contributed by atoms with van der Waals surface area (Å²) in [5, 5.41) is 0. The molecule has 1 aromatic heterocycles. The van der Waals surface area contributed by atoms with Crippen molar-refractivity contribution in [1.29, 1.82) is 0 Å². The normalized spacial score (nSPS) is 13.8. The first-order chi connectivity index (χ1) is 19.1. The standard InChI is InChI=1S/C18H28N2O.C9H12.C6H13N.C3H6/c1-3-9-18(16(2)21)10-14-20(15-11-18)13-6-8-17-7-4-5-12-19-17;1-3-9-6-4-8(2)5-7-9;1-5-7(4)6(2)3;1-3-2/h4-5,7,12H,3,6,8-11,13-15H2,1-2H3;4-7H,3H2,1-2H3;5-6H,1H2,2-4H3;3H,1H2,2H3. The number of pyridine rings is 1. The van der Waals surface area contributed by atoms with E-state index in [1.54, 1.807) is 13.0 Å². The maximum Gasteiger partial charge on any atom is 0.136 e. The molecule has 0 spiro atoms. The van der Waals surface area contributed by atoms with Crippen LogP contribution in [-0.4, -0.2) is 53.3 Å². The zero-order chi connectivity index (χ0) is 30.4. The Kier molecular flexibility index (Phi) is 20.5. The van der Waals surface area contributed by atoms with Gasteiger partial charge in [-0.25, -0.2) is 0 Å². The summed E-state index contributed by atoms with van der Waals surface area (Å²) >= 11 is 0. The highest BCUT2D eigenvalue weighted by Crippen LogP contribution is 2.37. The second-order valence-electron chi connectivity index (χ2n) is 11.0. The van der Waals surface area contributed by atoms with Crippen LogP contribution in [0, 0.1) is 12.3 Å². The molecule has 1 aliphatic heterocycles. The number of rotatable bonds is 10. The lowest BCUT2D eigenvalue weighted by atomic mass is 9.72. The lowest BCUT2D eigenvalue weighted by Crippen LogP contribution is -2.43. The van der Waals surface area contributed by atoms with E-state index in [0.29, 0.717) is 11.8 Å². The van der Waals surface area contributed by atoms with Crippen molar-refractivity contribution < 1.29 is 4.79 Å². The number of piperidine rings is 1. The molecule has 2 heterocycles. The van der Waals surface area contributed by atoms with E-state index in [1.165, 1.54) is 16.8 Å². The maximum absolute atomic E-state index is 12.0. The number of hydrogen-bond donors (Lipinski definition) is 0. The molecule has 0 amide bonds. The number of aromatic nitrogens is 1. The van der Waals surface area contributed by atoms with E-state index in [9.17, 15) is 4.79 Å². The zero-order valence-corrected chi connectivity index (χ0v) is 27.1. The van der Waals surface area contributed by atoms with Crippen molar-refractivity contribution in [2.24, 2.45) is 5.41 Å². The van der Waals surface area contributed by atoms with Crippen molar-refractivity contribution in [3.63, 3.8) is 0 Å². The van der Waals surface area contributed by atoms with Crippen molar-refractivity contribution in [1.82, 2.24) is 14.8 Å². The molecule has 2 aromatic rings. The zero-order valence-electron chi connectivity index (χ0n) is 27.1. The Morgan fingerprint density at radius 3 is 2.10 bits per heavy atom. The van der Waals surface area contributed by atoms with Crippen LogP contribution in [0.25, 0.3) is 0 Å². The number of allylic oxidation sites excluding steroid dienone is 1. The van der Waals surface area contributed by atoms with Gasteiger partial charge in [-0.2, -0.15) is 0 Å². The average Bonchev–Trinajstić information content (AvgIpc) is 2.95. The minimum Gasteiger partial charge on any atom is -0.379 e. The quantitative estimate of drug-likeness (QED) is 0.278. The summed E-state index contributed by atoms with van der Waals surface area (Å²) in [7, 11) is 2.01. The van der Waals surface area contributed by atoms with Gasteiger partial charge >= 0.3 is 0 Å². The highest BCUT2D eigenvalue weighted by Gasteiger charge is 2.37. The summed E-state index contributed by atoms with van der Waals surface area (Å²) in [6.45, 7) is 24.6. The van der Waals surface area contributed by atoms with Gasteiger partial charge in [-0.1, -0.05) is 68.8 Å². The van der Waals surface area contributed by atoms with Crippen LogP contribution >= 0.6 is 0 Å². The summed E-state index contributed by atoms with van der Waals surface area (Å²) in [5.74, 6) is 0.400. The molecule has 4 heteroatoms. The molecule has 1 aromatic carbocycles. The van der Waals surface area contributed by atoms with Gasteiger partial charge in [0, 0.05) is 30.4 Å². The Balaban J connectivity index is 0.000000657. The van der Waals surface area contributed by atoms with E-state index in [1.807, 2.05) is 32.4 Å². The highest BCUT2D eigenvalue weighted by molar-refractivity contribution is 5.82. The number of benzene rings is 1. The largest absolute Gasteiger partial charge is 0.379 e. The van der Waals surface area contributed by atoms with Gasteiger partial charge in [-0.15, -0.1) is 6.58 Å². The molecule has 0 N–H and O–H groups in total. The Morgan fingerprint density at radius 1 is 1.10 bits per heavy atom. The SMILES string of the molecule is C=CC.C=CN(C)C(C)C.CCCC1(C(C)=O)CCN(CCCc2ccccn2)CC1.CCc1ccc(C)cc1. The van der Waals surface area contributed by atoms with E-state index < -0.39 is 0 Å². The third-order valence-corrected chi connectivity index (χ3v) is 7.55. The van der Waals surface area contributed by atoms with E-state index in [2.05, 4.69) is 99.0 Å². The van der Waals surface area contributed by atoms with Crippen LogP contribution in [0.1, 0.15) is 90.5 Å². The fourth-order valence-corrected chi connectivity index (χ4v) is 4.53. The number of nitrogens with zero attached hydrogens (tertiary/aromatic N) is 3. The van der Waals surface area contributed by atoms with Gasteiger partial charge in [0.25, 0.3) is 0 Å². The summed E-state index contributed by atoms with van der Waals surface area (Å²) in [5.41, 5.74) is 3.91. The third kappa shape index (κ3) is 15.8. The van der Waals surface area contributed by atoms with Crippen LogP contribution in [0.3, 0.4) is 0 Å². The minimum atomic E-state index is -0.0216. The molecule has 0 saturated carbocycles. The van der Waals surface area contributed by atoms with Gasteiger partial charge in [-0.05, 0) is 117 Å². The van der Waals surface area contributed by atoms with Crippen LogP contribution in [0.15, 0.2) is 74.1 Å². The first-order valence-corrected chi connectivity index (χ1v) is 15.2.